The number of rotatable bonds is 1. The molecule has 0 aliphatic carbocycles. The summed E-state index contributed by atoms with van der Waals surface area (Å²) in [5, 5.41) is 6.13. The van der Waals surface area contributed by atoms with Gasteiger partial charge in [-0.2, -0.15) is 0 Å². The first-order chi connectivity index (χ1) is 8.93. The fourth-order valence-electron chi connectivity index (χ4n) is 2.66. The van der Waals surface area contributed by atoms with E-state index < -0.39 is 0 Å². The molecule has 0 amide bonds. The molecule has 3 rings (SSSR count). The van der Waals surface area contributed by atoms with Gasteiger partial charge in [-0.05, 0) is 48.8 Å². The minimum Gasteiger partial charge on any atom is -0.371 e. The Labute approximate surface area is 109 Å². The molecule has 0 unspecified atom stereocenters. The van der Waals surface area contributed by atoms with Crippen LogP contribution in [-0.4, -0.2) is 26.2 Å². The minimum atomic E-state index is 1.14. The third-order valence-corrected chi connectivity index (χ3v) is 3.66. The van der Waals surface area contributed by atoms with Gasteiger partial charge < -0.3 is 10.2 Å². The van der Waals surface area contributed by atoms with E-state index in [-0.39, 0.29) is 0 Å². The Morgan fingerprint density at radius 3 is 2.33 bits per heavy atom. The second-order valence-electron chi connectivity index (χ2n) is 4.98. The lowest BCUT2D eigenvalue weighted by molar-refractivity contribution is 0.567. The Bertz CT molecular complexity index is 513. The van der Waals surface area contributed by atoms with E-state index in [2.05, 4.69) is 52.7 Å². The predicted octanol–water partition coefficient (Wildman–Crippen LogP) is 3.03. The van der Waals surface area contributed by atoms with Crippen molar-refractivity contribution < 1.29 is 0 Å². The molecular formula is C16H20N2. The van der Waals surface area contributed by atoms with Crippen LogP contribution in [0.15, 0.2) is 42.5 Å². The summed E-state index contributed by atoms with van der Waals surface area (Å²) >= 11 is 0. The molecule has 2 nitrogen and oxygen atoms in total. The van der Waals surface area contributed by atoms with Gasteiger partial charge in [0.1, 0.15) is 0 Å². The molecule has 0 aromatic heterocycles. The van der Waals surface area contributed by atoms with Crippen molar-refractivity contribution in [2.45, 2.75) is 12.8 Å². The molecule has 94 valence electrons. The monoisotopic (exact) mass is 240 g/mol. The molecule has 2 heteroatoms. The largest absolute Gasteiger partial charge is 0.371 e. The van der Waals surface area contributed by atoms with Crippen LogP contribution in [0.5, 0.6) is 0 Å². The van der Waals surface area contributed by atoms with Crippen molar-refractivity contribution in [1.29, 1.82) is 0 Å². The zero-order chi connectivity index (χ0) is 12.2. The number of fused-ring (bicyclic) bond motifs is 1. The molecule has 0 radical (unpaired) electrons. The Balaban J connectivity index is 1.87. The van der Waals surface area contributed by atoms with Crippen LogP contribution in [0.2, 0.25) is 0 Å². The molecule has 1 saturated heterocycles. The Morgan fingerprint density at radius 2 is 1.56 bits per heavy atom. The van der Waals surface area contributed by atoms with Crippen molar-refractivity contribution in [3.05, 3.63) is 42.5 Å². The highest BCUT2D eigenvalue weighted by atomic mass is 15.1. The lowest BCUT2D eigenvalue weighted by Crippen LogP contribution is -2.33. The van der Waals surface area contributed by atoms with E-state index in [4.69, 9.17) is 0 Å². The van der Waals surface area contributed by atoms with Gasteiger partial charge in [-0.15, -0.1) is 0 Å². The van der Waals surface area contributed by atoms with E-state index >= 15 is 0 Å². The SMILES string of the molecule is c1ccc2cc(N3CCCNCCC3)ccc2c1. The highest BCUT2D eigenvalue weighted by molar-refractivity contribution is 5.85. The zero-order valence-electron chi connectivity index (χ0n) is 10.7. The number of hydrogen-bond acceptors (Lipinski definition) is 2. The first kappa shape index (κ1) is 11.5. The van der Waals surface area contributed by atoms with Gasteiger partial charge in [-0.25, -0.2) is 0 Å². The van der Waals surface area contributed by atoms with Crippen LogP contribution in [0.1, 0.15) is 12.8 Å². The van der Waals surface area contributed by atoms with Crippen LogP contribution in [0.25, 0.3) is 10.8 Å². The summed E-state index contributed by atoms with van der Waals surface area (Å²) in [5.41, 5.74) is 1.37. The van der Waals surface area contributed by atoms with Crippen molar-refractivity contribution >= 4 is 16.5 Å². The maximum Gasteiger partial charge on any atom is 0.0372 e. The van der Waals surface area contributed by atoms with Gasteiger partial charge in [-0.3, -0.25) is 0 Å². The van der Waals surface area contributed by atoms with E-state index in [0.717, 1.165) is 26.2 Å². The standard InChI is InChI=1S/C16H20N2/c1-2-6-15-13-16(8-7-14(15)5-1)18-11-3-9-17-10-4-12-18/h1-2,5-8,13,17H,3-4,9-12H2. The van der Waals surface area contributed by atoms with E-state index in [1.165, 1.54) is 29.3 Å². The number of nitrogens with one attached hydrogen (secondary N) is 1. The van der Waals surface area contributed by atoms with Gasteiger partial charge in [0.05, 0.1) is 0 Å². The molecule has 1 fully saturated rings. The van der Waals surface area contributed by atoms with E-state index in [1.807, 2.05) is 0 Å². The van der Waals surface area contributed by atoms with Crippen molar-refractivity contribution in [2.24, 2.45) is 0 Å². The number of anilines is 1. The molecule has 1 aliphatic rings. The van der Waals surface area contributed by atoms with Crippen LogP contribution in [0, 0.1) is 0 Å². The normalized spacial score (nSPS) is 17.4. The van der Waals surface area contributed by atoms with Crippen molar-refractivity contribution in [3.8, 4) is 0 Å². The van der Waals surface area contributed by atoms with Crippen molar-refractivity contribution in [1.82, 2.24) is 5.32 Å². The van der Waals surface area contributed by atoms with Crippen LogP contribution >= 0.6 is 0 Å². The summed E-state index contributed by atoms with van der Waals surface area (Å²) in [5.74, 6) is 0. The lowest BCUT2D eigenvalue weighted by atomic mass is 10.1. The van der Waals surface area contributed by atoms with Gasteiger partial charge in [0, 0.05) is 18.8 Å². The average molecular weight is 240 g/mol. The zero-order valence-corrected chi connectivity index (χ0v) is 10.7. The number of benzene rings is 2. The first-order valence-corrected chi connectivity index (χ1v) is 6.88. The summed E-state index contributed by atoms with van der Waals surface area (Å²) in [6, 6.07) is 15.4. The lowest BCUT2D eigenvalue weighted by Gasteiger charge is -2.27. The number of hydrogen-bond donors (Lipinski definition) is 1. The highest BCUT2D eigenvalue weighted by Gasteiger charge is 2.08. The topological polar surface area (TPSA) is 15.3 Å². The fraction of sp³-hybridized carbons (Fsp3) is 0.375. The van der Waals surface area contributed by atoms with Gasteiger partial charge in [0.25, 0.3) is 0 Å². The molecule has 0 bridgehead atoms. The van der Waals surface area contributed by atoms with Gasteiger partial charge >= 0.3 is 0 Å². The second-order valence-corrected chi connectivity index (χ2v) is 4.98. The van der Waals surface area contributed by atoms with E-state index in [9.17, 15) is 0 Å². The summed E-state index contributed by atoms with van der Waals surface area (Å²) in [4.78, 5) is 2.52. The van der Waals surface area contributed by atoms with E-state index in [0.29, 0.717) is 0 Å². The van der Waals surface area contributed by atoms with Crippen molar-refractivity contribution in [2.75, 3.05) is 31.1 Å². The third kappa shape index (κ3) is 2.49. The highest BCUT2D eigenvalue weighted by Crippen LogP contribution is 2.22. The van der Waals surface area contributed by atoms with Gasteiger partial charge in [0.15, 0.2) is 0 Å². The predicted molar refractivity (Wildman–Crippen MR) is 78.3 cm³/mol. The van der Waals surface area contributed by atoms with Crippen LogP contribution in [0.4, 0.5) is 5.69 Å². The molecule has 2 aromatic carbocycles. The average Bonchev–Trinajstić information content (AvgIpc) is 2.38. The molecule has 0 saturated carbocycles. The third-order valence-electron chi connectivity index (χ3n) is 3.66. The van der Waals surface area contributed by atoms with Crippen LogP contribution < -0.4 is 10.2 Å². The Hall–Kier alpha value is -1.54. The first-order valence-electron chi connectivity index (χ1n) is 6.88. The smallest absolute Gasteiger partial charge is 0.0372 e. The van der Waals surface area contributed by atoms with Gasteiger partial charge in [-0.1, -0.05) is 30.3 Å². The summed E-state index contributed by atoms with van der Waals surface area (Å²) in [7, 11) is 0. The molecule has 1 aliphatic heterocycles. The summed E-state index contributed by atoms with van der Waals surface area (Å²) < 4.78 is 0. The number of nitrogens with zero attached hydrogens (tertiary/aromatic N) is 1. The van der Waals surface area contributed by atoms with Crippen molar-refractivity contribution in [3.63, 3.8) is 0 Å². The maximum absolute atomic E-state index is 3.46. The molecule has 0 spiro atoms. The van der Waals surface area contributed by atoms with Crippen LogP contribution in [-0.2, 0) is 0 Å². The summed E-state index contributed by atoms with van der Waals surface area (Å²) in [6.45, 7) is 4.60. The van der Waals surface area contributed by atoms with Gasteiger partial charge in [0.2, 0.25) is 0 Å². The Kier molecular flexibility index (Phi) is 3.47. The molecular weight excluding hydrogens is 220 g/mol. The quantitative estimate of drug-likeness (QED) is 0.824. The molecule has 2 aromatic rings. The molecule has 18 heavy (non-hydrogen) atoms. The molecule has 1 heterocycles. The molecule has 0 atom stereocenters. The second kappa shape index (κ2) is 5.40. The maximum atomic E-state index is 3.46. The fourth-order valence-corrected chi connectivity index (χ4v) is 2.66. The summed E-state index contributed by atoms with van der Waals surface area (Å²) in [6.07, 6.45) is 2.46. The Morgan fingerprint density at radius 1 is 0.833 bits per heavy atom. The minimum absolute atomic E-state index is 1.14. The van der Waals surface area contributed by atoms with E-state index in [1.54, 1.807) is 0 Å². The molecule has 1 N–H and O–H groups in total. The van der Waals surface area contributed by atoms with Crippen LogP contribution in [0.3, 0.4) is 0 Å².